The van der Waals surface area contributed by atoms with Gasteiger partial charge in [-0.1, -0.05) is 41.6 Å². The number of aromatic hydroxyl groups is 1. The van der Waals surface area contributed by atoms with Gasteiger partial charge in [0.05, 0.1) is 5.56 Å². The average Bonchev–Trinajstić information content (AvgIpc) is 3.17. The van der Waals surface area contributed by atoms with Gasteiger partial charge in [-0.25, -0.2) is 0 Å². The molecule has 6 heteroatoms. The largest absolute Gasteiger partial charge is 0.507 e. The van der Waals surface area contributed by atoms with E-state index in [9.17, 15) is 5.11 Å². The molecule has 27 heavy (non-hydrogen) atoms. The Morgan fingerprint density at radius 3 is 2.67 bits per heavy atom. The van der Waals surface area contributed by atoms with Crippen molar-refractivity contribution in [1.29, 1.82) is 0 Å². The van der Waals surface area contributed by atoms with E-state index in [-0.39, 0.29) is 11.6 Å². The number of nitrogens with zero attached hydrogens (tertiary/aromatic N) is 3. The van der Waals surface area contributed by atoms with Gasteiger partial charge < -0.3 is 14.9 Å². The van der Waals surface area contributed by atoms with Crippen molar-refractivity contribution in [2.75, 3.05) is 5.32 Å². The molecule has 134 valence electrons. The number of anilines is 1. The molecule has 0 amide bonds. The lowest BCUT2D eigenvalue weighted by atomic mass is 10.1. The summed E-state index contributed by atoms with van der Waals surface area (Å²) < 4.78 is 5.33. The molecular formula is C21H18N4O2. The minimum absolute atomic E-state index is 0.0704. The molecule has 0 radical (unpaired) electrons. The summed E-state index contributed by atoms with van der Waals surface area (Å²) in [6.45, 7) is 2.60. The van der Waals surface area contributed by atoms with Gasteiger partial charge in [0, 0.05) is 24.5 Å². The first-order valence-corrected chi connectivity index (χ1v) is 8.57. The molecule has 2 heterocycles. The van der Waals surface area contributed by atoms with Gasteiger partial charge in [-0.2, -0.15) is 4.98 Å². The van der Waals surface area contributed by atoms with Crippen LogP contribution in [0.5, 0.6) is 5.75 Å². The first-order valence-electron chi connectivity index (χ1n) is 8.57. The van der Waals surface area contributed by atoms with Crippen LogP contribution < -0.4 is 5.32 Å². The minimum Gasteiger partial charge on any atom is -0.507 e. The summed E-state index contributed by atoms with van der Waals surface area (Å²) in [5.74, 6) is 0.719. The number of aryl methyl sites for hydroxylation is 1. The molecule has 0 aliphatic rings. The SMILES string of the molecule is Cc1cccnc1-c1noc(-c2ccc(NCc3ccccc3)cc2O)n1. The zero-order valence-corrected chi connectivity index (χ0v) is 14.8. The van der Waals surface area contributed by atoms with E-state index in [1.807, 2.05) is 55.5 Å². The highest BCUT2D eigenvalue weighted by atomic mass is 16.5. The maximum atomic E-state index is 10.4. The molecule has 0 aliphatic carbocycles. The number of pyridine rings is 1. The molecule has 0 saturated heterocycles. The Balaban J connectivity index is 1.54. The van der Waals surface area contributed by atoms with Crippen LogP contribution in [-0.4, -0.2) is 20.2 Å². The second-order valence-corrected chi connectivity index (χ2v) is 6.16. The third kappa shape index (κ3) is 3.64. The van der Waals surface area contributed by atoms with Crippen LogP contribution in [0, 0.1) is 6.92 Å². The van der Waals surface area contributed by atoms with E-state index in [2.05, 4.69) is 20.4 Å². The molecule has 0 unspecified atom stereocenters. The van der Waals surface area contributed by atoms with E-state index in [1.54, 1.807) is 18.3 Å². The van der Waals surface area contributed by atoms with E-state index in [1.165, 1.54) is 0 Å². The number of phenolic OH excluding ortho intramolecular Hbond substituents is 1. The molecule has 6 nitrogen and oxygen atoms in total. The first kappa shape index (κ1) is 16.8. The molecule has 0 aliphatic heterocycles. The fourth-order valence-corrected chi connectivity index (χ4v) is 2.77. The number of rotatable bonds is 5. The molecular weight excluding hydrogens is 340 g/mol. The number of hydrogen-bond donors (Lipinski definition) is 2. The second kappa shape index (κ2) is 7.29. The smallest absolute Gasteiger partial charge is 0.262 e. The molecule has 4 rings (SSSR count). The van der Waals surface area contributed by atoms with Crippen LogP contribution in [0.25, 0.3) is 23.0 Å². The Morgan fingerprint density at radius 2 is 1.89 bits per heavy atom. The highest BCUT2D eigenvalue weighted by molar-refractivity contribution is 5.68. The van der Waals surface area contributed by atoms with Crippen molar-refractivity contribution >= 4 is 5.69 Å². The normalized spacial score (nSPS) is 10.7. The Hall–Kier alpha value is -3.67. The third-order valence-corrected chi connectivity index (χ3v) is 4.21. The van der Waals surface area contributed by atoms with E-state index in [0.29, 0.717) is 23.6 Å². The summed E-state index contributed by atoms with van der Waals surface area (Å²) in [6.07, 6.45) is 1.68. The van der Waals surface area contributed by atoms with Gasteiger partial charge in [0.1, 0.15) is 11.4 Å². The topological polar surface area (TPSA) is 84.1 Å². The second-order valence-electron chi connectivity index (χ2n) is 6.16. The van der Waals surface area contributed by atoms with Gasteiger partial charge in [0.15, 0.2) is 0 Å². The fourth-order valence-electron chi connectivity index (χ4n) is 2.77. The molecule has 0 spiro atoms. The summed E-state index contributed by atoms with van der Waals surface area (Å²) in [5, 5.41) is 17.7. The number of nitrogens with one attached hydrogen (secondary N) is 1. The summed E-state index contributed by atoms with van der Waals surface area (Å²) in [6, 6.07) is 19.1. The van der Waals surface area contributed by atoms with E-state index < -0.39 is 0 Å². The van der Waals surface area contributed by atoms with Crippen molar-refractivity contribution in [2.45, 2.75) is 13.5 Å². The zero-order chi connectivity index (χ0) is 18.6. The van der Waals surface area contributed by atoms with Crippen molar-refractivity contribution in [3.63, 3.8) is 0 Å². The average molecular weight is 358 g/mol. The standard InChI is InChI=1S/C21H18N4O2/c1-14-6-5-11-22-19(14)20-24-21(27-25-20)17-10-9-16(12-18(17)26)23-13-15-7-3-2-4-8-15/h2-12,23,26H,13H2,1H3. The summed E-state index contributed by atoms with van der Waals surface area (Å²) in [4.78, 5) is 8.66. The van der Waals surface area contributed by atoms with Gasteiger partial charge in [0.2, 0.25) is 5.82 Å². The van der Waals surface area contributed by atoms with Gasteiger partial charge in [-0.15, -0.1) is 0 Å². The van der Waals surface area contributed by atoms with Gasteiger partial charge in [-0.05, 0) is 36.2 Å². The summed E-state index contributed by atoms with van der Waals surface area (Å²) >= 11 is 0. The van der Waals surface area contributed by atoms with Crippen LogP contribution in [-0.2, 0) is 6.54 Å². The van der Waals surface area contributed by atoms with Crippen LogP contribution in [0.4, 0.5) is 5.69 Å². The number of aromatic nitrogens is 3. The van der Waals surface area contributed by atoms with Crippen molar-refractivity contribution in [3.05, 3.63) is 78.0 Å². The highest BCUT2D eigenvalue weighted by Crippen LogP contribution is 2.32. The number of benzene rings is 2. The van der Waals surface area contributed by atoms with Crippen LogP contribution in [0.2, 0.25) is 0 Å². The minimum atomic E-state index is 0.0704. The van der Waals surface area contributed by atoms with Crippen molar-refractivity contribution in [3.8, 4) is 28.7 Å². The van der Waals surface area contributed by atoms with Gasteiger partial charge >= 0.3 is 0 Å². The number of phenols is 1. The third-order valence-electron chi connectivity index (χ3n) is 4.21. The monoisotopic (exact) mass is 358 g/mol. The van der Waals surface area contributed by atoms with Crippen molar-refractivity contribution < 1.29 is 9.63 Å². The molecule has 2 N–H and O–H groups in total. The molecule has 0 fully saturated rings. The molecule has 2 aromatic heterocycles. The lowest BCUT2D eigenvalue weighted by molar-refractivity contribution is 0.425. The maximum Gasteiger partial charge on any atom is 0.262 e. The van der Waals surface area contributed by atoms with Gasteiger partial charge in [-0.3, -0.25) is 4.98 Å². The van der Waals surface area contributed by atoms with Gasteiger partial charge in [0.25, 0.3) is 5.89 Å². The molecule has 0 atom stereocenters. The Bertz CT molecular complexity index is 1060. The van der Waals surface area contributed by atoms with E-state index in [0.717, 1.165) is 16.8 Å². The highest BCUT2D eigenvalue weighted by Gasteiger charge is 2.16. The van der Waals surface area contributed by atoms with Crippen LogP contribution >= 0.6 is 0 Å². The summed E-state index contributed by atoms with van der Waals surface area (Å²) in [7, 11) is 0. The van der Waals surface area contributed by atoms with Crippen molar-refractivity contribution in [2.24, 2.45) is 0 Å². The molecule has 2 aromatic carbocycles. The Kier molecular flexibility index (Phi) is 4.53. The van der Waals surface area contributed by atoms with E-state index >= 15 is 0 Å². The summed E-state index contributed by atoms with van der Waals surface area (Å²) in [5.41, 5.74) is 4.06. The lowest BCUT2D eigenvalue weighted by Gasteiger charge is -2.08. The molecule has 0 bridgehead atoms. The van der Waals surface area contributed by atoms with Crippen LogP contribution in [0.15, 0.2) is 71.4 Å². The van der Waals surface area contributed by atoms with E-state index in [4.69, 9.17) is 4.52 Å². The fraction of sp³-hybridized carbons (Fsp3) is 0.0952. The molecule has 4 aromatic rings. The van der Waals surface area contributed by atoms with Crippen molar-refractivity contribution in [1.82, 2.24) is 15.1 Å². The Labute approximate surface area is 156 Å². The van der Waals surface area contributed by atoms with Crippen LogP contribution in [0.1, 0.15) is 11.1 Å². The lowest BCUT2D eigenvalue weighted by Crippen LogP contribution is -1.98. The quantitative estimate of drug-likeness (QED) is 0.549. The number of hydrogen-bond acceptors (Lipinski definition) is 6. The molecule has 0 saturated carbocycles. The Morgan fingerprint density at radius 1 is 1.04 bits per heavy atom. The van der Waals surface area contributed by atoms with Crippen LogP contribution in [0.3, 0.4) is 0 Å². The maximum absolute atomic E-state index is 10.4. The predicted octanol–water partition coefficient (Wildman–Crippen LogP) is 4.42. The predicted molar refractivity (Wildman–Crippen MR) is 103 cm³/mol. The zero-order valence-electron chi connectivity index (χ0n) is 14.8. The first-order chi connectivity index (χ1) is 13.2.